The Hall–Kier alpha value is -2.11. The number of esters is 2. The Balaban J connectivity index is 0.000000546. The summed E-state index contributed by atoms with van der Waals surface area (Å²) in [4.78, 5) is 34.4. The number of unbranched alkanes of at least 4 members (excludes halogenated alkanes) is 2. The number of rotatable bonds is 9. The highest BCUT2D eigenvalue weighted by Crippen LogP contribution is 2.08. The van der Waals surface area contributed by atoms with Gasteiger partial charge in [0.2, 0.25) is 5.91 Å². The lowest BCUT2D eigenvalue weighted by Gasteiger charge is -2.05. The Morgan fingerprint density at radius 1 is 1.08 bits per heavy atom. The zero-order valence-corrected chi connectivity index (χ0v) is 14.8. The largest absolute Gasteiger partial charge is 0.463 e. The molecule has 0 aromatic rings. The fourth-order valence-corrected chi connectivity index (χ4v) is 1.73. The van der Waals surface area contributed by atoms with Crippen LogP contribution in [0.2, 0.25) is 0 Å². The van der Waals surface area contributed by atoms with E-state index in [2.05, 4.69) is 6.58 Å². The van der Waals surface area contributed by atoms with E-state index in [-0.39, 0.29) is 5.91 Å². The normalized spacial score (nSPS) is 13.4. The second kappa shape index (κ2) is 14.5. The molecule has 1 amide bonds. The maximum absolute atomic E-state index is 11.0. The van der Waals surface area contributed by atoms with Crippen LogP contribution in [0.25, 0.3) is 0 Å². The lowest BCUT2D eigenvalue weighted by atomic mass is 10.4. The van der Waals surface area contributed by atoms with Crippen molar-refractivity contribution in [2.75, 3.05) is 19.8 Å². The molecule has 6 nitrogen and oxygen atoms in total. The first-order valence-electron chi connectivity index (χ1n) is 8.48. The molecule has 1 aliphatic heterocycles. The molecule has 0 N–H and O–H groups in total. The third kappa shape index (κ3) is 11.5. The number of amides is 1. The molecule has 0 unspecified atom stereocenters. The standard InChI is InChI=1S/C12H20O4.C6H9NO/c1-3-5-9-15-11(13)7-8-12(14)16-10-6-4-2;1-2-7-5-3-4-6(7)8/h7-8H,3-6,9-10H2,1-2H3;2H,1,3-5H2/b8-7+;. The number of hydrogen-bond donors (Lipinski definition) is 0. The van der Waals surface area contributed by atoms with E-state index in [9.17, 15) is 14.4 Å². The second-order valence-corrected chi connectivity index (χ2v) is 5.25. The summed E-state index contributed by atoms with van der Waals surface area (Å²) in [5.41, 5.74) is 0. The third-order valence-electron chi connectivity index (χ3n) is 3.17. The molecule has 0 spiro atoms. The zero-order chi connectivity index (χ0) is 18.2. The Bertz CT molecular complexity index is 407. The molecule has 24 heavy (non-hydrogen) atoms. The Morgan fingerprint density at radius 2 is 1.58 bits per heavy atom. The highest BCUT2D eigenvalue weighted by molar-refractivity contribution is 5.91. The molecule has 0 radical (unpaired) electrons. The van der Waals surface area contributed by atoms with Crippen molar-refractivity contribution in [1.82, 2.24) is 4.90 Å². The minimum absolute atomic E-state index is 0.208. The molecule has 0 aromatic heterocycles. The van der Waals surface area contributed by atoms with Crippen LogP contribution >= 0.6 is 0 Å². The summed E-state index contributed by atoms with van der Waals surface area (Å²) in [5, 5.41) is 0. The van der Waals surface area contributed by atoms with Gasteiger partial charge in [-0.25, -0.2) is 9.59 Å². The number of nitrogens with zero attached hydrogens (tertiary/aromatic N) is 1. The molecule has 136 valence electrons. The van der Waals surface area contributed by atoms with Crippen molar-refractivity contribution >= 4 is 17.8 Å². The van der Waals surface area contributed by atoms with Gasteiger partial charge in [0.05, 0.1) is 13.2 Å². The summed E-state index contributed by atoms with van der Waals surface area (Å²) in [6, 6.07) is 0. The summed E-state index contributed by atoms with van der Waals surface area (Å²) in [6.45, 7) is 9.17. The predicted molar refractivity (Wildman–Crippen MR) is 92.0 cm³/mol. The molecule has 0 saturated carbocycles. The number of carbonyl (C=O) groups is 3. The average Bonchev–Trinajstić information content (AvgIpc) is 2.99. The van der Waals surface area contributed by atoms with Crippen LogP contribution in [0.4, 0.5) is 0 Å². The maximum atomic E-state index is 11.0. The monoisotopic (exact) mass is 339 g/mol. The SMILES string of the molecule is C=CN1CCCC1=O.CCCCOC(=O)/C=C/C(=O)OCCCC. The molecule has 6 heteroatoms. The number of hydrogen-bond acceptors (Lipinski definition) is 5. The van der Waals surface area contributed by atoms with Crippen LogP contribution in [0.3, 0.4) is 0 Å². The Kier molecular flexibility index (Phi) is 13.2. The predicted octanol–water partition coefficient (Wildman–Crippen LogP) is 2.98. The number of ether oxygens (including phenoxy) is 2. The van der Waals surface area contributed by atoms with Crippen LogP contribution in [0, 0.1) is 0 Å². The quantitative estimate of drug-likeness (QED) is 0.367. The van der Waals surface area contributed by atoms with Gasteiger partial charge in [0.1, 0.15) is 0 Å². The van der Waals surface area contributed by atoms with Crippen molar-refractivity contribution in [3.8, 4) is 0 Å². The van der Waals surface area contributed by atoms with Gasteiger partial charge in [-0.1, -0.05) is 33.3 Å². The van der Waals surface area contributed by atoms with Crippen molar-refractivity contribution in [3.05, 3.63) is 24.9 Å². The van der Waals surface area contributed by atoms with Crippen molar-refractivity contribution in [2.24, 2.45) is 0 Å². The molecule has 0 aliphatic carbocycles. The summed E-state index contributed by atoms with van der Waals surface area (Å²) in [6.07, 6.45) is 9.09. The van der Waals surface area contributed by atoms with E-state index in [0.29, 0.717) is 19.6 Å². The van der Waals surface area contributed by atoms with Gasteiger partial charge >= 0.3 is 11.9 Å². The molecule has 1 heterocycles. The lowest BCUT2D eigenvalue weighted by Crippen LogP contribution is -2.16. The van der Waals surface area contributed by atoms with Gasteiger partial charge in [-0.15, -0.1) is 0 Å². The van der Waals surface area contributed by atoms with E-state index in [1.165, 1.54) is 0 Å². The van der Waals surface area contributed by atoms with Crippen LogP contribution in [-0.4, -0.2) is 42.5 Å². The minimum Gasteiger partial charge on any atom is -0.463 e. The van der Waals surface area contributed by atoms with Crippen LogP contribution in [0.5, 0.6) is 0 Å². The summed E-state index contributed by atoms with van der Waals surface area (Å²) in [5.74, 6) is -0.790. The van der Waals surface area contributed by atoms with Crippen molar-refractivity contribution in [1.29, 1.82) is 0 Å². The first-order valence-corrected chi connectivity index (χ1v) is 8.48. The van der Waals surface area contributed by atoms with Crippen LogP contribution < -0.4 is 0 Å². The first kappa shape index (κ1) is 21.9. The average molecular weight is 339 g/mol. The van der Waals surface area contributed by atoms with Crippen LogP contribution in [0.1, 0.15) is 52.4 Å². The molecule has 1 saturated heterocycles. The number of carbonyl (C=O) groups excluding carboxylic acids is 3. The smallest absolute Gasteiger partial charge is 0.331 e. The topological polar surface area (TPSA) is 72.9 Å². The highest BCUT2D eigenvalue weighted by Gasteiger charge is 2.16. The zero-order valence-electron chi connectivity index (χ0n) is 14.8. The van der Waals surface area contributed by atoms with E-state index in [0.717, 1.165) is 50.8 Å². The summed E-state index contributed by atoms with van der Waals surface area (Å²) < 4.78 is 9.65. The number of likely N-dealkylation sites (tertiary alicyclic amines) is 1. The van der Waals surface area contributed by atoms with Crippen molar-refractivity contribution in [2.45, 2.75) is 52.4 Å². The molecule has 1 rings (SSSR count). The van der Waals surface area contributed by atoms with E-state index in [4.69, 9.17) is 9.47 Å². The molecular weight excluding hydrogens is 310 g/mol. The van der Waals surface area contributed by atoms with E-state index in [1.54, 1.807) is 11.1 Å². The molecule has 0 aromatic carbocycles. The first-order chi connectivity index (χ1) is 11.5. The van der Waals surface area contributed by atoms with Gasteiger partial charge in [-0.3, -0.25) is 4.79 Å². The van der Waals surface area contributed by atoms with Gasteiger partial charge in [0.15, 0.2) is 0 Å². The van der Waals surface area contributed by atoms with E-state index in [1.807, 2.05) is 13.8 Å². The fourth-order valence-electron chi connectivity index (χ4n) is 1.73. The minimum atomic E-state index is -0.499. The van der Waals surface area contributed by atoms with E-state index >= 15 is 0 Å². The van der Waals surface area contributed by atoms with Crippen LogP contribution in [-0.2, 0) is 23.9 Å². The molecular formula is C18H29NO5. The third-order valence-corrected chi connectivity index (χ3v) is 3.17. The fraction of sp³-hybridized carbons (Fsp3) is 0.611. The van der Waals surface area contributed by atoms with Crippen molar-refractivity contribution < 1.29 is 23.9 Å². The molecule has 0 bridgehead atoms. The van der Waals surface area contributed by atoms with Crippen LogP contribution in [0.15, 0.2) is 24.9 Å². The van der Waals surface area contributed by atoms with E-state index < -0.39 is 11.9 Å². The van der Waals surface area contributed by atoms with Gasteiger partial charge in [0, 0.05) is 25.1 Å². The molecule has 1 fully saturated rings. The van der Waals surface area contributed by atoms with Gasteiger partial charge in [-0.2, -0.15) is 0 Å². The summed E-state index contributed by atoms with van der Waals surface area (Å²) >= 11 is 0. The van der Waals surface area contributed by atoms with Gasteiger partial charge in [0.25, 0.3) is 0 Å². The van der Waals surface area contributed by atoms with Crippen molar-refractivity contribution in [3.63, 3.8) is 0 Å². The maximum Gasteiger partial charge on any atom is 0.331 e. The van der Waals surface area contributed by atoms with Gasteiger partial charge in [-0.05, 0) is 25.5 Å². The summed E-state index contributed by atoms with van der Waals surface area (Å²) in [7, 11) is 0. The molecule has 0 atom stereocenters. The highest BCUT2D eigenvalue weighted by atomic mass is 16.5. The van der Waals surface area contributed by atoms with Gasteiger partial charge < -0.3 is 14.4 Å². The second-order valence-electron chi connectivity index (χ2n) is 5.25. The molecule has 1 aliphatic rings. The lowest BCUT2D eigenvalue weighted by molar-refractivity contribution is -0.140. The Morgan fingerprint density at radius 3 is 1.88 bits per heavy atom. The Labute approximate surface area is 144 Å².